The van der Waals surface area contributed by atoms with Gasteiger partial charge in [0.1, 0.15) is 0 Å². The molecule has 0 aliphatic rings. The van der Waals surface area contributed by atoms with E-state index >= 15 is 0 Å². The van der Waals surface area contributed by atoms with Crippen molar-refractivity contribution in [2.75, 3.05) is 13.7 Å². The summed E-state index contributed by atoms with van der Waals surface area (Å²) in [5, 5.41) is 16.0. The van der Waals surface area contributed by atoms with Gasteiger partial charge in [0, 0.05) is 7.11 Å². The summed E-state index contributed by atoms with van der Waals surface area (Å²) in [5.74, 6) is 0. The Bertz CT molecular complexity index is 83.7. The lowest BCUT2D eigenvalue weighted by Crippen LogP contribution is -2.03. The normalized spacial score (nSPS) is 14.9. The third-order valence-corrected chi connectivity index (χ3v) is 0.788. The van der Waals surface area contributed by atoms with Crippen LogP contribution in [0, 0.1) is 0 Å². The highest BCUT2D eigenvalue weighted by Crippen LogP contribution is 2.09. The maximum Gasteiger partial charge on any atom is 0.316 e. The fraction of sp³-hybridized carbons (Fsp3) is 1.00. The summed E-state index contributed by atoms with van der Waals surface area (Å²) in [6, 6.07) is 0. The first-order valence-electron chi connectivity index (χ1n) is 2.60. The summed E-state index contributed by atoms with van der Waals surface area (Å²) < 4.78 is 13.2. The minimum absolute atomic E-state index is 0.139. The van der Waals surface area contributed by atoms with Gasteiger partial charge < -0.3 is 19.6 Å². The topological polar surface area (TPSA) is 87.0 Å². The van der Waals surface area contributed by atoms with E-state index in [0.717, 1.165) is 0 Å². The molecule has 0 aliphatic carbocycles. The predicted octanol–water partition coefficient (Wildman–Crippen LogP) is -0.626. The smallest absolute Gasteiger partial charge is 0.316 e. The average molecular weight is 172 g/mol. The van der Waals surface area contributed by atoms with E-state index in [4.69, 9.17) is 15.1 Å². The maximum absolute atomic E-state index is 9.33. The van der Waals surface area contributed by atoms with Crippen LogP contribution in [0.2, 0.25) is 0 Å². The number of rotatable bonds is 2. The van der Waals surface area contributed by atoms with Gasteiger partial charge in [0.15, 0.2) is 0 Å². The molecule has 64 valence electrons. The van der Waals surface area contributed by atoms with Crippen molar-refractivity contribution >= 4 is 8.25 Å². The minimum Gasteiger partial charge on any atom is -0.394 e. The zero-order chi connectivity index (χ0) is 8.57. The van der Waals surface area contributed by atoms with Crippen LogP contribution < -0.4 is 0 Å². The van der Waals surface area contributed by atoms with Crippen molar-refractivity contribution in [3.63, 3.8) is 0 Å². The molecule has 0 heterocycles. The molecule has 6 heteroatoms. The average Bonchev–Trinajstić information content (AvgIpc) is 1.89. The first kappa shape index (κ1) is 12.7. The molecule has 0 fully saturated rings. The summed E-state index contributed by atoms with van der Waals surface area (Å²) in [5.41, 5.74) is 0. The first-order valence-corrected chi connectivity index (χ1v) is 3.86. The quantitative estimate of drug-likeness (QED) is 0.483. The number of hydrogen-bond donors (Lipinski definition) is 3. The molecule has 0 bridgehead atoms. The third kappa shape index (κ3) is 24.4. The number of aliphatic hydroxyl groups excluding tert-OH is 2. The SMILES string of the molecule is CC(O)CO.CO[PH](=O)O. The third-order valence-electron chi connectivity index (χ3n) is 0.439. The highest BCUT2D eigenvalue weighted by molar-refractivity contribution is 7.32. The standard InChI is InChI=1S/C3H8O2.CH5O3P/c1-3(5)2-4;1-4-5(2)3/h3-5H,2H2,1H3;5H,1H3,(H,2,3). The number of hydrogen-bond acceptors (Lipinski definition) is 4. The fourth-order valence-electron chi connectivity index (χ4n) is 0. The molecule has 0 spiro atoms. The highest BCUT2D eigenvalue weighted by atomic mass is 31.1. The van der Waals surface area contributed by atoms with Crippen LogP contribution in [0.4, 0.5) is 0 Å². The van der Waals surface area contributed by atoms with Crippen molar-refractivity contribution in [3.8, 4) is 0 Å². The molecule has 2 unspecified atom stereocenters. The van der Waals surface area contributed by atoms with Crippen LogP contribution >= 0.6 is 8.25 Å². The molecule has 0 saturated heterocycles. The van der Waals surface area contributed by atoms with Crippen molar-refractivity contribution in [3.05, 3.63) is 0 Å². The highest BCUT2D eigenvalue weighted by Gasteiger charge is 1.83. The zero-order valence-corrected chi connectivity index (χ0v) is 6.94. The molecule has 5 nitrogen and oxygen atoms in total. The largest absolute Gasteiger partial charge is 0.394 e. The van der Waals surface area contributed by atoms with E-state index in [0.29, 0.717) is 0 Å². The van der Waals surface area contributed by atoms with E-state index in [2.05, 4.69) is 4.52 Å². The molecular weight excluding hydrogens is 159 g/mol. The molecule has 0 aromatic rings. The Labute approximate surface area is 60.2 Å². The zero-order valence-electron chi connectivity index (χ0n) is 5.94. The van der Waals surface area contributed by atoms with Gasteiger partial charge in [0.2, 0.25) is 0 Å². The van der Waals surface area contributed by atoms with E-state index in [1.54, 1.807) is 0 Å². The Morgan fingerprint density at radius 3 is 1.90 bits per heavy atom. The molecule has 0 aromatic heterocycles. The maximum atomic E-state index is 9.33. The van der Waals surface area contributed by atoms with Crippen LogP contribution in [0.3, 0.4) is 0 Å². The lowest BCUT2D eigenvalue weighted by atomic mass is 10.5. The van der Waals surface area contributed by atoms with Crippen LogP contribution in [-0.4, -0.2) is 34.9 Å². The van der Waals surface area contributed by atoms with Gasteiger partial charge >= 0.3 is 8.25 Å². The van der Waals surface area contributed by atoms with Crippen LogP contribution in [0.25, 0.3) is 0 Å². The summed E-state index contributed by atoms with van der Waals surface area (Å²) in [7, 11) is -1.44. The van der Waals surface area contributed by atoms with Crippen LogP contribution in [0.1, 0.15) is 6.92 Å². The summed E-state index contributed by atoms with van der Waals surface area (Å²) in [6.45, 7) is 1.39. The van der Waals surface area contributed by atoms with Gasteiger partial charge in [-0.3, -0.25) is 4.57 Å². The molecule has 0 aliphatic heterocycles. The van der Waals surface area contributed by atoms with E-state index in [1.165, 1.54) is 14.0 Å². The van der Waals surface area contributed by atoms with Crippen molar-refractivity contribution in [1.29, 1.82) is 0 Å². The van der Waals surface area contributed by atoms with E-state index in [9.17, 15) is 4.57 Å². The molecule has 0 radical (unpaired) electrons. The van der Waals surface area contributed by atoms with Gasteiger partial charge in [0.25, 0.3) is 0 Å². The second-order valence-corrected chi connectivity index (χ2v) is 2.44. The van der Waals surface area contributed by atoms with E-state index < -0.39 is 14.4 Å². The second kappa shape index (κ2) is 9.07. The molecule has 0 amide bonds. The van der Waals surface area contributed by atoms with Crippen molar-refractivity contribution in [2.24, 2.45) is 0 Å². The van der Waals surface area contributed by atoms with E-state index in [1.807, 2.05) is 0 Å². The Hall–Kier alpha value is 0.0700. The minimum atomic E-state index is -2.62. The van der Waals surface area contributed by atoms with Gasteiger partial charge in [-0.2, -0.15) is 0 Å². The lowest BCUT2D eigenvalue weighted by Gasteiger charge is -1.90. The van der Waals surface area contributed by atoms with Gasteiger partial charge in [0.05, 0.1) is 12.7 Å². The Morgan fingerprint density at radius 2 is 1.90 bits per heavy atom. The van der Waals surface area contributed by atoms with E-state index in [-0.39, 0.29) is 6.61 Å². The van der Waals surface area contributed by atoms with Gasteiger partial charge in [-0.1, -0.05) is 0 Å². The monoisotopic (exact) mass is 172 g/mol. The lowest BCUT2D eigenvalue weighted by molar-refractivity contribution is 0.110. The second-order valence-electron chi connectivity index (χ2n) is 1.50. The van der Waals surface area contributed by atoms with Gasteiger partial charge in [-0.05, 0) is 6.92 Å². The summed E-state index contributed by atoms with van der Waals surface area (Å²) in [4.78, 5) is 7.69. The predicted molar refractivity (Wildman–Crippen MR) is 37.0 cm³/mol. The molecular formula is C4H13O5P. The van der Waals surface area contributed by atoms with Gasteiger partial charge in [-0.15, -0.1) is 0 Å². The first-order chi connectivity index (χ1) is 4.54. The van der Waals surface area contributed by atoms with Gasteiger partial charge in [-0.25, -0.2) is 0 Å². The molecule has 0 aromatic carbocycles. The Morgan fingerprint density at radius 1 is 1.70 bits per heavy atom. The van der Waals surface area contributed by atoms with Crippen molar-refractivity contribution in [1.82, 2.24) is 0 Å². The fourth-order valence-corrected chi connectivity index (χ4v) is 0. The Balaban J connectivity index is 0. The Kier molecular flexibility index (Phi) is 11.5. The summed E-state index contributed by atoms with van der Waals surface area (Å²) in [6.07, 6.45) is -0.560. The molecule has 10 heavy (non-hydrogen) atoms. The molecule has 3 N–H and O–H groups in total. The molecule has 2 atom stereocenters. The molecule has 0 saturated carbocycles. The van der Waals surface area contributed by atoms with Crippen LogP contribution in [0.5, 0.6) is 0 Å². The van der Waals surface area contributed by atoms with Crippen LogP contribution in [-0.2, 0) is 9.09 Å². The number of aliphatic hydroxyl groups is 2. The van der Waals surface area contributed by atoms with Crippen LogP contribution in [0.15, 0.2) is 0 Å². The van der Waals surface area contributed by atoms with Crippen molar-refractivity contribution < 1.29 is 24.2 Å². The molecule has 0 rings (SSSR count). The van der Waals surface area contributed by atoms with Crippen molar-refractivity contribution in [2.45, 2.75) is 13.0 Å². The summed E-state index contributed by atoms with van der Waals surface area (Å²) >= 11 is 0.